The SMILES string of the molecule is CN1CCN2CCN(C)CCN(CC1)CC2.F[B-](F)(F)F.F[B-](F)(F)F.[Mn+2]. The molecule has 2 saturated heterocycles. The molecule has 2 rings (SSSR count). The van der Waals surface area contributed by atoms with Crippen molar-refractivity contribution >= 4 is 14.5 Å². The summed E-state index contributed by atoms with van der Waals surface area (Å²) in [6.45, 7) is 12.3. The largest absolute Gasteiger partial charge is 2.00 e. The van der Waals surface area contributed by atoms with Gasteiger partial charge in [-0.05, 0) is 14.1 Å². The molecule has 0 atom stereocenters. The van der Waals surface area contributed by atoms with E-state index in [0.717, 1.165) is 0 Å². The van der Waals surface area contributed by atoms with Crippen molar-refractivity contribution in [3.8, 4) is 0 Å². The summed E-state index contributed by atoms with van der Waals surface area (Å²) in [5, 5.41) is 0. The van der Waals surface area contributed by atoms with Crippen molar-refractivity contribution in [2.75, 3.05) is 79.5 Å². The summed E-state index contributed by atoms with van der Waals surface area (Å²) in [7, 11) is -7.50. The van der Waals surface area contributed by atoms with Gasteiger partial charge in [-0.1, -0.05) is 0 Å². The van der Waals surface area contributed by atoms with E-state index in [1.165, 1.54) is 65.4 Å². The molecule has 0 N–H and O–H groups in total. The Balaban J connectivity index is 0. The van der Waals surface area contributed by atoms with E-state index in [9.17, 15) is 34.5 Å². The molecular weight excluding hydrogens is 429 g/mol. The molecule has 2 aliphatic heterocycles. The molecule has 0 aromatic carbocycles. The second kappa shape index (κ2) is 14.0. The Morgan fingerprint density at radius 3 is 0.778 bits per heavy atom. The molecule has 2 heterocycles. The Labute approximate surface area is 165 Å². The van der Waals surface area contributed by atoms with Crippen LogP contribution in [0, 0.1) is 0 Å². The van der Waals surface area contributed by atoms with Crippen LogP contribution in [0.1, 0.15) is 0 Å². The van der Waals surface area contributed by atoms with Crippen LogP contribution in [0.15, 0.2) is 0 Å². The maximum absolute atomic E-state index is 9.75. The van der Waals surface area contributed by atoms with Crippen molar-refractivity contribution in [2.45, 2.75) is 0 Å². The molecule has 0 aromatic rings. The molecule has 27 heavy (non-hydrogen) atoms. The average molecular weight is 455 g/mol. The minimum absolute atomic E-state index is 0. The van der Waals surface area contributed by atoms with Crippen LogP contribution in [0.2, 0.25) is 0 Å². The van der Waals surface area contributed by atoms with E-state index in [0.29, 0.717) is 0 Å². The van der Waals surface area contributed by atoms with Gasteiger partial charge in [-0.2, -0.15) is 0 Å². The predicted octanol–water partition coefficient (Wildman–Crippen LogP) is 2.08. The Bertz CT molecular complexity index is 316. The van der Waals surface area contributed by atoms with Crippen LogP contribution in [-0.4, -0.2) is 114 Å². The third-order valence-corrected chi connectivity index (χ3v) is 3.92. The minimum atomic E-state index is -6.00. The third kappa shape index (κ3) is 23.9. The summed E-state index contributed by atoms with van der Waals surface area (Å²) >= 11 is 0. The molecule has 0 aromatic heterocycles. The van der Waals surface area contributed by atoms with Crippen LogP contribution < -0.4 is 0 Å². The van der Waals surface area contributed by atoms with Crippen LogP contribution in [0.4, 0.5) is 34.5 Å². The zero-order valence-electron chi connectivity index (χ0n) is 15.4. The maximum Gasteiger partial charge on any atom is 2.00 e. The smallest absolute Gasteiger partial charge is 0.418 e. The van der Waals surface area contributed by atoms with E-state index >= 15 is 0 Å². The quantitative estimate of drug-likeness (QED) is 0.410. The molecule has 0 saturated carbocycles. The van der Waals surface area contributed by atoms with E-state index < -0.39 is 14.5 Å². The maximum atomic E-state index is 9.75. The molecule has 2 bridgehead atoms. The van der Waals surface area contributed by atoms with Gasteiger partial charge in [-0.25, -0.2) is 0 Å². The Morgan fingerprint density at radius 2 is 0.593 bits per heavy atom. The van der Waals surface area contributed by atoms with Crippen LogP contribution in [0.25, 0.3) is 0 Å². The zero-order chi connectivity index (χ0) is 20.4. The molecule has 0 unspecified atom stereocenters. The van der Waals surface area contributed by atoms with Gasteiger partial charge in [0.2, 0.25) is 0 Å². The number of hydrogen-bond acceptors (Lipinski definition) is 4. The van der Waals surface area contributed by atoms with E-state index in [2.05, 4.69) is 33.7 Å². The van der Waals surface area contributed by atoms with E-state index in [1.807, 2.05) is 0 Å². The fourth-order valence-corrected chi connectivity index (χ4v) is 2.43. The van der Waals surface area contributed by atoms with Gasteiger partial charge in [0.05, 0.1) is 0 Å². The van der Waals surface area contributed by atoms with Crippen molar-refractivity contribution in [3.63, 3.8) is 0 Å². The molecule has 0 amide bonds. The monoisotopic (exact) mass is 455 g/mol. The molecule has 2 aliphatic rings. The van der Waals surface area contributed by atoms with Crippen LogP contribution in [-0.2, 0) is 17.1 Å². The number of nitrogens with zero attached hydrogens (tertiary/aromatic N) is 4. The molecule has 0 spiro atoms. The van der Waals surface area contributed by atoms with Crippen LogP contribution >= 0.6 is 0 Å². The number of likely N-dealkylation sites (N-methyl/N-ethyl adjacent to an activating group) is 2. The summed E-state index contributed by atoms with van der Waals surface area (Å²) in [6.07, 6.45) is 0. The molecule has 15 heteroatoms. The first-order chi connectivity index (χ1) is 11.7. The normalized spacial score (nSPS) is 25.6. The van der Waals surface area contributed by atoms with Gasteiger partial charge < -0.3 is 44.3 Å². The van der Waals surface area contributed by atoms with Crippen molar-refractivity contribution in [1.82, 2.24) is 19.6 Å². The van der Waals surface area contributed by atoms with Crippen LogP contribution in [0.5, 0.6) is 0 Å². The first-order valence-electron chi connectivity index (χ1n) is 8.30. The fraction of sp³-hybridized carbons (Fsp3) is 1.00. The zero-order valence-corrected chi connectivity index (χ0v) is 16.6. The second-order valence-electron chi connectivity index (χ2n) is 6.28. The minimum Gasteiger partial charge on any atom is -0.418 e. The number of halogens is 8. The van der Waals surface area contributed by atoms with Gasteiger partial charge in [0, 0.05) is 65.4 Å². The van der Waals surface area contributed by atoms with E-state index in [1.54, 1.807) is 0 Å². The Kier molecular flexibility index (Phi) is 15.1. The first-order valence-corrected chi connectivity index (χ1v) is 8.30. The fourth-order valence-electron chi connectivity index (χ4n) is 2.43. The Morgan fingerprint density at radius 1 is 0.444 bits per heavy atom. The summed E-state index contributed by atoms with van der Waals surface area (Å²) in [6, 6.07) is 0. The van der Waals surface area contributed by atoms with Gasteiger partial charge >= 0.3 is 31.6 Å². The standard InChI is InChI=1S/C12H26N4.2BF4.Mn/c1-13-3-7-15-9-5-14(2)6-10-16(8-4-13)12-11-15;2*2-1(3,4)5;/h3-12H2,1-2H3;;;/q;2*-1;+2. The predicted molar refractivity (Wildman–Crippen MR) is 88.2 cm³/mol. The number of hydrogen-bond donors (Lipinski definition) is 0. The van der Waals surface area contributed by atoms with Gasteiger partial charge in [-0.15, -0.1) is 0 Å². The molecule has 2 fully saturated rings. The summed E-state index contributed by atoms with van der Waals surface area (Å²) in [5.74, 6) is 0. The second-order valence-corrected chi connectivity index (χ2v) is 6.28. The molecule has 4 nitrogen and oxygen atoms in total. The average Bonchev–Trinajstić information content (AvgIpc) is 2.56. The van der Waals surface area contributed by atoms with Gasteiger partial charge in [-0.3, -0.25) is 9.80 Å². The number of fused-ring (bicyclic) bond motifs is 3. The van der Waals surface area contributed by atoms with Gasteiger partial charge in [0.15, 0.2) is 0 Å². The third-order valence-electron chi connectivity index (χ3n) is 3.92. The van der Waals surface area contributed by atoms with Gasteiger partial charge in [0.1, 0.15) is 0 Å². The van der Waals surface area contributed by atoms with Gasteiger partial charge in [0.25, 0.3) is 0 Å². The summed E-state index contributed by atoms with van der Waals surface area (Å²) < 4.78 is 78.0. The summed E-state index contributed by atoms with van der Waals surface area (Å²) in [4.78, 5) is 10.2. The van der Waals surface area contributed by atoms with Crippen molar-refractivity contribution in [1.29, 1.82) is 0 Å². The first kappa shape index (κ1) is 29.1. The van der Waals surface area contributed by atoms with Crippen molar-refractivity contribution in [2.24, 2.45) is 0 Å². The topological polar surface area (TPSA) is 13.0 Å². The molecule has 163 valence electrons. The van der Waals surface area contributed by atoms with E-state index in [4.69, 9.17) is 0 Å². The summed E-state index contributed by atoms with van der Waals surface area (Å²) in [5.41, 5.74) is 0. The Hall–Kier alpha value is -0.0706. The molecule has 1 radical (unpaired) electrons. The van der Waals surface area contributed by atoms with Crippen LogP contribution in [0.3, 0.4) is 0 Å². The van der Waals surface area contributed by atoms with Crippen molar-refractivity contribution < 1.29 is 51.6 Å². The van der Waals surface area contributed by atoms with Crippen molar-refractivity contribution in [3.05, 3.63) is 0 Å². The molecule has 0 aliphatic carbocycles. The van der Waals surface area contributed by atoms with E-state index in [-0.39, 0.29) is 17.1 Å². The molecular formula is C12H26B2F8MnN4. The number of rotatable bonds is 0.